The maximum Gasteiger partial charge on any atom is 0.224 e. The fraction of sp³-hybridized carbons (Fsp3) is 0.667. The van der Waals surface area contributed by atoms with Gasteiger partial charge in [0.25, 0.3) is 0 Å². The summed E-state index contributed by atoms with van der Waals surface area (Å²) in [4.78, 5) is 10.4. The molecule has 2 N–H and O–H groups in total. The maximum absolute atomic E-state index is 10.6. The Labute approximate surface area is 66.7 Å². The first-order chi connectivity index (χ1) is 4.83. The van der Waals surface area contributed by atoms with Gasteiger partial charge < -0.3 is 5.73 Å². The lowest BCUT2D eigenvalue weighted by Gasteiger charge is -2.03. The van der Waals surface area contributed by atoms with Crippen LogP contribution in [0.15, 0.2) is 0 Å². The van der Waals surface area contributed by atoms with Crippen LogP contribution in [-0.2, 0) is 14.6 Å². The Morgan fingerprint density at radius 2 is 1.91 bits per heavy atom. The average molecular weight is 178 g/mol. The third-order valence-corrected chi connectivity index (χ3v) is 2.21. The number of rotatable bonds is 4. The molecule has 1 amide bonds. The lowest BCUT2D eigenvalue weighted by molar-refractivity contribution is -0.116. The van der Waals surface area contributed by atoms with Gasteiger partial charge in [-0.25, -0.2) is 8.42 Å². The highest BCUT2D eigenvalue weighted by Gasteiger charge is 2.12. The number of nitrogens with two attached hydrogens (primary N) is 1. The second kappa shape index (κ2) is 3.71. The van der Waals surface area contributed by atoms with Crippen LogP contribution in [0.1, 0.15) is 13.3 Å². The first kappa shape index (κ1) is 10.4. The molecule has 0 unspecified atom stereocenters. The Bertz CT molecular complexity index is 232. The van der Waals surface area contributed by atoms with Crippen LogP contribution in [0.25, 0.3) is 0 Å². The summed E-state index contributed by atoms with van der Waals surface area (Å²) in [7, 11) is -2.98. The molecule has 0 fully saturated rings. The molecule has 65 valence electrons. The van der Waals surface area contributed by atoms with Gasteiger partial charge in [-0.05, 0) is 13.3 Å². The van der Waals surface area contributed by atoms with Crippen molar-refractivity contribution in [2.24, 2.45) is 5.73 Å². The third-order valence-electron chi connectivity index (χ3n) is 1.27. The number of sulfone groups is 1. The molecule has 0 aliphatic carbocycles. The second-order valence-electron chi connectivity index (χ2n) is 2.52. The Hall–Kier alpha value is -0.580. The van der Waals surface area contributed by atoms with Crippen molar-refractivity contribution in [3.63, 3.8) is 0 Å². The van der Waals surface area contributed by atoms with Crippen LogP contribution in [0.3, 0.4) is 0 Å². The van der Waals surface area contributed by atoms with E-state index in [0.717, 1.165) is 6.26 Å². The van der Waals surface area contributed by atoms with Crippen molar-refractivity contribution < 1.29 is 13.2 Å². The van der Waals surface area contributed by atoms with Gasteiger partial charge in [0.1, 0.15) is 9.84 Å². The summed E-state index contributed by atoms with van der Waals surface area (Å²) in [5.74, 6) is -0.147. The average Bonchev–Trinajstić information content (AvgIpc) is 1.80. The van der Waals surface area contributed by atoms with E-state index in [9.17, 15) is 13.2 Å². The summed E-state index contributed by atoms with van der Waals surface area (Å²) in [5.41, 5.74) is 4.89. The maximum atomic E-state index is 10.6. The van der Waals surface area contributed by atoms with E-state index >= 15 is 0 Å². The van der Waals surface area contributed by atoms with Gasteiger partial charge >= 0.3 is 0 Å². The summed E-state index contributed by atoms with van der Waals surface area (Å²) in [6.45, 7) is 1.54. The van der Waals surface area contributed by atoms with Gasteiger partial charge in [-0.3, -0.25) is 4.79 Å². The molecule has 5 heteroatoms. The number of carbonyl (C=O) groups excluding carboxylic acids is 1. The first-order valence-electron chi connectivity index (χ1n) is 3.13. The van der Waals surface area contributed by atoms with Crippen LogP contribution in [0.5, 0.6) is 0 Å². The summed E-state index contributed by atoms with van der Waals surface area (Å²) >= 11 is 0. The molecule has 0 rings (SSSR count). The van der Waals surface area contributed by atoms with Gasteiger partial charge in [0.15, 0.2) is 0 Å². The summed E-state index contributed by atoms with van der Waals surface area (Å²) < 4.78 is 21.2. The minimum atomic E-state index is -2.98. The molecule has 0 spiro atoms. The van der Waals surface area contributed by atoms with Gasteiger partial charge in [0, 0.05) is 6.26 Å². The highest BCUT2D eigenvalue weighted by Crippen LogP contribution is 2.04. The molecule has 0 saturated heterocycles. The summed E-state index contributed by atoms with van der Waals surface area (Å²) in [5, 5.41) is 0. The number of carbonyl (C=O) groups is 1. The van der Waals surface area contributed by atoms with Crippen molar-refractivity contribution in [2.45, 2.75) is 13.3 Å². The smallest absolute Gasteiger partial charge is 0.224 e. The number of primary amides is 1. The monoisotopic (exact) mass is 178 g/mol. The van der Waals surface area contributed by atoms with Crippen molar-refractivity contribution in [3.05, 3.63) is 5.92 Å². The van der Waals surface area contributed by atoms with E-state index < -0.39 is 15.7 Å². The zero-order chi connectivity index (χ0) is 9.07. The van der Waals surface area contributed by atoms with Crippen molar-refractivity contribution in [2.75, 3.05) is 12.0 Å². The van der Waals surface area contributed by atoms with E-state index in [1.807, 2.05) is 0 Å². The molecule has 0 atom stereocenters. The summed E-state index contributed by atoms with van der Waals surface area (Å²) in [6.07, 6.45) is 1.36. The Morgan fingerprint density at radius 3 is 2.18 bits per heavy atom. The van der Waals surface area contributed by atoms with Crippen LogP contribution >= 0.6 is 0 Å². The van der Waals surface area contributed by atoms with Gasteiger partial charge in [0.05, 0.1) is 11.7 Å². The molecule has 1 radical (unpaired) electrons. The molecule has 0 aromatic carbocycles. The molecule has 0 aromatic heterocycles. The lowest BCUT2D eigenvalue weighted by atomic mass is 10.1. The molecule has 0 aliphatic heterocycles. The number of hydrogen-bond donors (Lipinski definition) is 1. The van der Waals surface area contributed by atoms with Crippen LogP contribution in [0, 0.1) is 5.92 Å². The topological polar surface area (TPSA) is 77.2 Å². The Morgan fingerprint density at radius 1 is 1.45 bits per heavy atom. The van der Waals surface area contributed by atoms with Crippen LogP contribution in [0.4, 0.5) is 0 Å². The van der Waals surface area contributed by atoms with Gasteiger partial charge in [-0.15, -0.1) is 0 Å². The molecule has 0 saturated carbocycles. The second-order valence-corrected chi connectivity index (χ2v) is 4.78. The van der Waals surface area contributed by atoms with Gasteiger partial charge in [-0.2, -0.15) is 0 Å². The fourth-order valence-electron chi connectivity index (χ4n) is 0.462. The number of hydrogen-bond acceptors (Lipinski definition) is 3. The highest BCUT2D eigenvalue weighted by molar-refractivity contribution is 7.90. The van der Waals surface area contributed by atoms with Crippen molar-refractivity contribution in [3.8, 4) is 0 Å². The fourth-order valence-corrected chi connectivity index (χ4v) is 1.14. The Kier molecular flexibility index (Phi) is 3.51. The lowest BCUT2D eigenvalue weighted by Crippen LogP contribution is -2.21. The summed E-state index contributed by atoms with van der Waals surface area (Å²) in [6, 6.07) is 0. The van der Waals surface area contributed by atoms with Crippen LogP contribution in [0.2, 0.25) is 0 Å². The predicted molar refractivity (Wildman–Crippen MR) is 42.4 cm³/mol. The minimum Gasteiger partial charge on any atom is -0.369 e. The zero-order valence-corrected chi connectivity index (χ0v) is 7.44. The molecule has 0 bridgehead atoms. The van der Waals surface area contributed by atoms with E-state index in [0.29, 0.717) is 5.92 Å². The van der Waals surface area contributed by atoms with E-state index in [4.69, 9.17) is 5.73 Å². The van der Waals surface area contributed by atoms with Crippen LogP contribution in [-0.4, -0.2) is 26.3 Å². The van der Waals surface area contributed by atoms with Gasteiger partial charge in [0.2, 0.25) is 5.91 Å². The Balaban J connectivity index is 3.82. The molecule has 0 heterocycles. The van der Waals surface area contributed by atoms with Crippen LogP contribution < -0.4 is 5.73 Å². The number of amides is 1. The molecule has 0 aromatic rings. The van der Waals surface area contributed by atoms with Crippen molar-refractivity contribution in [1.82, 2.24) is 0 Å². The molecular formula is C6H12NO3S. The van der Waals surface area contributed by atoms with E-state index in [2.05, 4.69) is 0 Å². The van der Waals surface area contributed by atoms with Gasteiger partial charge in [-0.1, -0.05) is 0 Å². The quantitative estimate of drug-likeness (QED) is 0.630. The predicted octanol–water partition coefficient (Wildman–Crippen LogP) is -0.499. The molecule has 11 heavy (non-hydrogen) atoms. The first-order valence-corrected chi connectivity index (χ1v) is 5.19. The highest BCUT2D eigenvalue weighted by atomic mass is 32.2. The van der Waals surface area contributed by atoms with E-state index in [-0.39, 0.29) is 12.2 Å². The molecule has 0 aliphatic rings. The van der Waals surface area contributed by atoms with Crippen molar-refractivity contribution >= 4 is 15.7 Å². The molecular weight excluding hydrogens is 166 g/mol. The zero-order valence-electron chi connectivity index (χ0n) is 6.62. The van der Waals surface area contributed by atoms with Crippen molar-refractivity contribution in [1.29, 1.82) is 0 Å². The minimum absolute atomic E-state index is 0.0121. The third kappa shape index (κ3) is 5.84. The standard InChI is InChI=1S/C6H12NO3S/c1-5(6(7)8)3-4-11(2,9)10/h3-4H2,1-2H3,(H2,7,8). The largest absolute Gasteiger partial charge is 0.369 e. The van der Waals surface area contributed by atoms with E-state index in [1.54, 1.807) is 0 Å². The van der Waals surface area contributed by atoms with E-state index in [1.165, 1.54) is 6.92 Å². The normalized spacial score (nSPS) is 11.9. The SMILES string of the molecule is C[C](CCS(C)(=O)=O)C(N)=O. The molecule has 4 nitrogen and oxygen atoms in total.